The van der Waals surface area contributed by atoms with Gasteiger partial charge in [-0.25, -0.2) is 4.39 Å². The zero-order valence-corrected chi connectivity index (χ0v) is 8.77. The number of rotatable bonds is 5. The quantitative estimate of drug-likeness (QED) is 0.764. The summed E-state index contributed by atoms with van der Waals surface area (Å²) in [6.45, 7) is 1.81. The lowest BCUT2D eigenvalue weighted by atomic mass is 10.2. The highest BCUT2D eigenvalue weighted by molar-refractivity contribution is 6.30. The summed E-state index contributed by atoms with van der Waals surface area (Å²) in [5, 5.41) is 3.10. The summed E-state index contributed by atoms with van der Waals surface area (Å²) in [4.78, 5) is 0. The Labute approximate surface area is 88.0 Å². The van der Waals surface area contributed by atoms with Crippen molar-refractivity contribution in [2.75, 3.05) is 20.2 Å². The van der Waals surface area contributed by atoms with E-state index in [9.17, 15) is 4.39 Å². The fraction of sp³-hybridized carbons (Fsp3) is 0.400. The Bertz CT molecular complexity index is 293. The third-order valence-electron chi connectivity index (χ3n) is 1.75. The maximum Gasteiger partial charge on any atom is 0.142 e. The van der Waals surface area contributed by atoms with E-state index in [1.807, 2.05) is 7.05 Å². The molecule has 1 aromatic rings. The third kappa shape index (κ3) is 3.62. The van der Waals surface area contributed by atoms with Gasteiger partial charge in [0.25, 0.3) is 0 Å². The summed E-state index contributed by atoms with van der Waals surface area (Å²) in [5.41, 5.74) is 0.794. The molecule has 0 unspecified atom stereocenters. The van der Waals surface area contributed by atoms with Crippen LogP contribution in [0.25, 0.3) is 0 Å². The number of benzene rings is 1. The maximum absolute atomic E-state index is 13.0. The molecule has 0 radical (unpaired) electrons. The largest absolute Gasteiger partial charge is 0.375 e. The first-order chi connectivity index (χ1) is 6.74. The van der Waals surface area contributed by atoms with Gasteiger partial charge in [-0.15, -0.1) is 0 Å². The van der Waals surface area contributed by atoms with Gasteiger partial charge in [-0.2, -0.15) is 0 Å². The minimum Gasteiger partial charge on any atom is -0.375 e. The average Bonchev–Trinajstić information content (AvgIpc) is 2.18. The van der Waals surface area contributed by atoms with Crippen molar-refractivity contribution >= 4 is 11.6 Å². The van der Waals surface area contributed by atoms with Gasteiger partial charge >= 0.3 is 0 Å². The molecule has 0 saturated heterocycles. The monoisotopic (exact) mass is 217 g/mol. The van der Waals surface area contributed by atoms with Crippen molar-refractivity contribution in [1.29, 1.82) is 0 Å². The number of hydrogen-bond donors (Lipinski definition) is 1. The van der Waals surface area contributed by atoms with Gasteiger partial charge in [-0.3, -0.25) is 0 Å². The zero-order chi connectivity index (χ0) is 10.4. The smallest absolute Gasteiger partial charge is 0.142 e. The van der Waals surface area contributed by atoms with Crippen molar-refractivity contribution in [2.45, 2.75) is 6.61 Å². The molecule has 0 amide bonds. The predicted molar refractivity (Wildman–Crippen MR) is 55.0 cm³/mol. The average molecular weight is 218 g/mol. The van der Waals surface area contributed by atoms with E-state index < -0.39 is 5.82 Å². The minimum absolute atomic E-state index is 0.143. The second-order valence-corrected chi connectivity index (χ2v) is 3.31. The van der Waals surface area contributed by atoms with Crippen LogP contribution in [0, 0.1) is 5.82 Å². The van der Waals surface area contributed by atoms with Crippen molar-refractivity contribution in [3.8, 4) is 0 Å². The summed E-state index contributed by atoms with van der Waals surface area (Å²) in [6, 6.07) is 4.68. The molecule has 0 fully saturated rings. The Morgan fingerprint density at radius 3 is 2.93 bits per heavy atom. The van der Waals surface area contributed by atoms with E-state index in [0.717, 1.165) is 12.1 Å². The molecule has 1 aromatic carbocycles. The maximum atomic E-state index is 13.0. The zero-order valence-electron chi connectivity index (χ0n) is 8.02. The van der Waals surface area contributed by atoms with Gasteiger partial charge in [0, 0.05) is 6.54 Å². The number of likely N-dealkylation sites (N-methyl/N-ethyl adjacent to an activating group) is 1. The molecular formula is C10H13ClFNO. The van der Waals surface area contributed by atoms with Crippen LogP contribution in [0.15, 0.2) is 18.2 Å². The Morgan fingerprint density at radius 1 is 1.50 bits per heavy atom. The van der Waals surface area contributed by atoms with Crippen LogP contribution in [0.5, 0.6) is 0 Å². The Balaban J connectivity index is 2.39. The van der Waals surface area contributed by atoms with Crippen molar-refractivity contribution in [2.24, 2.45) is 0 Å². The SMILES string of the molecule is CNCCOCc1ccc(Cl)c(F)c1. The lowest BCUT2D eigenvalue weighted by molar-refractivity contribution is 0.124. The molecule has 2 nitrogen and oxygen atoms in total. The highest BCUT2D eigenvalue weighted by Gasteiger charge is 2.00. The van der Waals surface area contributed by atoms with E-state index in [0.29, 0.717) is 13.2 Å². The molecular weight excluding hydrogens is 205 g/mol. The minimum atomic E-state index is -0.401. The van der Waals surface area contributed by atoms with Crippen LogP contribution in [0.1, 0.15) is 5.56 Å². The Kier molecular flexibility index (Phi) is 4.87. The summed E-state index contributed by atoms with van der Waals surface area (Å²) in [7, 11) is 1.85. The standard InChI is InChI=1S/C10H13ClFNO/c1-13-4-5-14-7-8-2-3-9(11)10(12)6-8/h2-3,6,13H,4-5,7H2,1H3. The van der Waals surface area contributed by atoms with Gasteiger partial charge in [0.05, 0.1) is 18.2 Å². The Hall–Kier alpha value is -0.640. The second kappa shape index (κ2) is 5.96. The van der Waals surface area contributed by atoms with Crippen LogP contribution in [-0.2, 0) is 11.3 Å². The fourth-order valence-corrected chi connectivity index (χ4v) is 1.11. The van der Waals surface area contributed by atoms with E-state index in [4.69, 9.17) is 16.3 Å². The molecule has 0 spiro atoms. The van der Waals surface area contributed by atoms with Gasteiger partial charge in [-0.1, -0.05) is 17.7 Å². The van der Waals surface area contributed by atoms with Crippen LogP contribution in [0.3, 0.4) is 0 Å². The molecule has 1 N–H and O–H groups in total. The molecule has 0 aliphatic carbocycles. The van der Waals surface area contributed by atoms with Crippen molar-refractivity contribution < 1.29 is 9.13 Å². The predicted octanol–water partition coefficient (Wildman–Crippen LogP) is 2.22. The van der Waals surface area contributed by atoms with Crippen molar-refractivity contribution in [3.63, 3.8) is 0 Å². The van der Waals surface area contributed by atoms with Gasteiger partial charge in [-0.05, 0) is 24.7 Å². The molecule has 78 valence electrons. The van der Waals surface area contributed by atoms with E-state index >= 15 is 0 Å². The highest BCUT2D eigenvalue weighted by atomic mass is 35.5. The lowest BCUT2D eigenvalue weighted by Gasteiger charge is -2.04. The topological polar surface area (TPSA) is 21.3 Å². The van der Waals surface area contributed by atoms with Gasteiger partial charge in [0.1, 0.15) is 5.82 Å². The van der Waals surface area contributed by atoms with Gasteiger partial charge in [0.2, 0.25) is 0 Å². The van der Waals surface area contributed by atoms with Crippen LogP contribution in [-0.4, -0.2) is 20.2 Å². The molecule has 0 aromatic heterocycles. The number of nitrogens with one attached hydrogen (secondary N) is 1. The molecule has 0 saturated carbocycles. The summed E-state index contributed by atoms with van der Waals surface area (Å²) < 4.78 is 18.2. The third-order valence-corrected chi connectivity index (χ3v) is 2.06. The molecule has 0 aliphatic rings. The van der Waals surface area contributed by atoms with Crippen LogP contribution in [0.4, 0.5) is 4.39 Å². The van der Waals surface area contributed by atoms with E-state index in [1.54, 1.807) is 6.07 Å². The molecule has 0 atom stereocenters. The van der Waals surface area contributed by atoms with Gasteiger partial charge < -0.3 is 10.1 Å². The molecule has 14 heavy (non-hydrogen) atoms. The molecule has 0 heterocycles. The fourth-order valence-electron chi connectivity index (χ4n) is 0.994. The second-order valence-electron chi connectivity index (χ2n) is 2.90. The normalized spacial score (nSPS) is 10.5. The first-order valence-electron chi connectivity index (χ1n) is 4.40. The van der Waals surface area contributed by atoms with Crippen LogP contribution >= 0.6 is 11.6 Å². The number of halogens is 2. The van der Waals surface area contributed by atoms with E-state index in [1.165, 1.54) is 12.1 Å². The van der Waals surface area contributed by atoms with Crippen molar-refractivity contribution in [1.82, 2.24) is 5.32 Å². The number of hydrogen-bond acceptors (Lipinski definition) is 2. The first kappa shape index (κ1) is 11.4. The van der Waals surface area contributed by atoms with Crippen molar-refractivity contribution in [3.05, 3.63) is 34.6 Å². The van der Waals surface area contributed by atoms with E-state index in [2.05, 4.69) is 5.32 Å². The van der Waals surface area contributed by atoms with Crippen LogP contribution in [0.2, 0.25) is 5.02 Å². The highest BCUT2D eigenvalue weighted by Crippen LogP contribution is 2.15. The molecule has 1 rings (SSSR count). The molecule has 4 heteroatoms. The van der Waals surface area contributed by atoms with E-state index in [-0.39, 0.29) is 5.02 Å². The van der Waals surface area contributed by atoms with Gasteiger partial charge in [0.15, 0.2) is 0 Å². The summed E-state index contributed by atoms with van der Waals surface area (Å²) >= 11 is 5.54. The Morgan fingerprint density at radius 2 is 2.29 bits per heavy atom. The molecule has 0 aliphatic heterocycles. The molecule has 0 bridgehead atoms. The number of ether oxygens (including phenoxy) is 1. The lowest BCUT2D eigenvalue weighted by Crippen LogP contribution is -2.14. The summed E-state index contributed by atoms with van der Waals surface area (Å²) in [6.07, 6.45) is 0. The first-order valence-corrected chi connectivity index (χ1v) is 4.78. The van der Waals surface area contributed by atoms with Crippen LogP contribution < -0.4 is 5.32 Å². The summed E-state index contributed by atoms with van der Waals surface area (Å²) in [5.74, 6) is -0.401.